The molecule has 3 nitrogen and oxygen atoms in total. The number of carbonyl (C=O) groups is 1. The lowest BCUT2D eigenvalue weighted by Gasteiger charge is -2.10. The molecule has 18 heavy (non-hydrogen) atoms. The van der Waals surface area contributed by atoms with Crippen LogP contribution in [0.2, 0.25) is 0 Å². The largest absolute Gasteiger partial charge is 0.351 e. The monoisotopic (exact) mass is 248 g/mol. The second kappa shape index (κ2) is 6.15. The van der Waals surface area contributed by atoms with Gasteiger partial charge in [-0.05, 0) is 37.0 Å². The van der Waals surface area contributed by atoms with E-state index in [1.54, 1.807) is 32.9 Å². The topological polar surface area (TPSA) is 52.9 Å². The molecule has 1 atom stereocenters. The second-order valence-electron chi connectivity index (χ2n) is 4.35. The maximum atomic E-state index is 13.4. The van der Waals surface area contributed by atoms with Gasteiger partial charge in [-0.15, -0.1) is 0 Å². The Hall–Kier alpha value is -1.89. The number of nitriles is 1. The molecule has 0 aliphatic rings. The van der Waals surface area contributed by atoms with Crippen LogP contribution in [0.15, 0.2) is 12.1 Å². The molecule has 0 saturated heterocycles. The summed E-state index contributed by atoms with van der Waals surface area (Å²) in [5.74, 6) is -1.11. The first kappa shape index (κ1) is 14.2. The van der Waals surface area contributed by atoms with E-state index in [4.69, 9.17) is 5.26 Å². The highest BCUT2D eigenvalue weighted by molar-refractivity contribution is 5.80. The van der Waals surface area contributed by atoms with Gasteiger partial charge in [-0.1, -0.05) is 19.1 Å². The van der Waals surface area contributed by atoms with Crippen molar-refractivity contribution < 1.29 is 9.18 Å². The third-order valence-corrected chi connectivity index (χ3v) is 2.84. The number of nitrogens with zero attached hydrogens (tertiary/aromatic N) is 1. The van der Waals surface area contributed by atoms with E-state index < -0.39 is 5.92 Å². The maximum absolute atomic E-state index is 13.4. The Morgan fingerprint density at radius 2 is 2.00 bits per heavy atom. The molecule has 0 radical (unpaired) electrons. The van der Waals surface area contributed by atoms with Crippen LogP contribution in [-0.4, -0.2) is 5.91 Å². The van der Waals surface area contributed by atoms with Crippen LogP contribution in [0.25, 0.3) is 0 Å². The molecule has 1 unspecified atom stereocenters. The quantitative estimate of drug-likeness (QED) is 0.890. The van der Waals surface area contributed by atoms with Crippen LogP contribution in [0.5, 0.6) is 0 Å². The summed E-state index contributed by atoms with van der Waals surface area (Å²) in [6.45, 7) is 5.49. The highest BCUT2D eigenvalue weighted by atomic mass is 19.1. The fraction of sp³-hybridized carbons (Fsp3) is 0.429. The van der Waals surface area contributed by atoms with Crippen LogP contribution in [0.3, 0.4) is 0 Å². The Kier molecular flexibility index (Phi) is 4.85. The number of aryl methyl sites for hydroxylation is 2. The molecule has 4 heteroatoms. The molecule has 1 aromatic rings. The number of carbonyl (C=O) groups excluding carboxylic acids is 1. The van der Waals surface area contributed by atoms with Gasteiger partial charge < -0.3 is 5.32 Å². The van der Waals surface area contributed by atoms with E-state index in [9.17, 15) is 9.18 Å². The van der Waals surface area contributed by atoms with Crippen molar-refractivity contribution in [1.29, 1.82) is 5.26 Å². The summed E-state index contributed by atoms with van der Waals surface area (Å²) in [6.07, 6.45) is 0.490. The first-order valence-corrected chi connectivity index (χ1v) is 5.92. The van der Waals surface area contributed by atoms with Gasteiger partial charge in [0.05, 0.1) is 6.07 Å². The molecule has 1 N–H and O–H groups in total. The first-order chi connectivity index (χ1) is 8.49. The molecule has 1 rings (SSSR count). The average molecular weight is 248 g/mol. The molecular weight excluding hydrogens is 231 g/mol. The predicted molar refractivity (Wildman–Crippen MR) is 67.1 cm³/mol. The third kappa shape index (κ3) is 3.30. The summed E-state index contributed by atoms with van der Waals surface area (Å²) < 4.78 is 13.4. The number of hydrogen-bond donors (Lipinski definition) is 1. The SMILES string of the molecule is CCC(C#N)C(=O)NCc1cc(C)c(F)c(C)c1. The molecule has 0 aromatic heterocycles. The van der Waals surface area contributed by atoms with Crippen molar-refractivity contribution in [2.45, 2.75) is 33.7 Å². The number of halogens is 1. The van der Waals surface area contributed by atoms with Gasteiger partial charge in [-0.3, -0.25) is 4.79 Å². The number of amides is 1. The lowest BCUT2D eigenvalue weighted by molar-refractivity contribution is -0.123. The standard InChI is InChI=1S/C14H17FN2O/c1-4-12(7-16)14(18)17-8-11-5-9(2)13(15)10(3)6-11/h5-6,12H,4,8H2,1-3H3,(H,17,18). The molecule has 1 aromatic carbocycles. The second-order valence-corrected chi connectivity index (χ2v) is 4.35. The van der Waals surface area contributed by atoms with Crippen molar-refractivity contribution in [3.63, 3.8) is 0 Å². The van der Waals surface area contributed by atoms with Gasteiger partial charge in [0.2, 0.25) is 5.91 Å². The fourth-order valence-electron chi connectivity index (χ4n) is 1.79. The Morgan fingerprint density at radius 3 is 2.44 bits per heavy atom. The first-order valence-electron chi connectivity index (χ1n) is 5.92. The van der Waals surface area contributed by atoms with Crippen molar-refractivity contribution in [3.05, 3.63) is 34.6 Å². The minimum Gasteiger partial charge on any atom is -0.351 e. The van der Waals surface area contributed by atoms with Gasteiger partial charge in [0.1, 0.15) is 11.7 Å². The van der Waals surface area contributed by atoms with Gasteiger partial charge in [-0.25, -0.2) is 4.39 Å². The summed E-state index contributed by atoms with van der Waals surface area (Å²) in [4.78, 5) is 11.6. The molecule has 0 bridgehead atoms. The Bertz CT molecular complexity index is 468. The summed E-state index contributed by atoms with van der Waals surface area (Å²) in [5.41, 5.74) is 1.96. The molecule has 0 aliphatic heterocycles. The van der Waals surface area contributed by atoms with Gasteiger partial charge in [0.15, 0.2) is 0 Å². The summed E-state index contributed by atoms with van der Waals surface area (Å²) in [7, 11) is 0. The lowest BCUT2D eigenvalue weighted by Crippen LogP contribution is -2.29. The minimum absolute atomic E-state index is 0.214. The van der Waals surface area contributed by atoms with Crippen molar-refractivity contribution in [1.82, 2.24) is 5.32 Å². The van der Waals surface area contributed by atoms with E-state index in [0.29, 0.717) is 24.1 Å². The van der Waals surface area contributed by atoms with Gasteiger partial charge in [0, 0.05) is 6.54 Å². The predicted octanol–water partition coefficient (Wildman–Crippen LogP) is 2.61. The average Bonchev–Trinajstić information content (AvgIpc) is 2.34. The minimum atomic E-state index is -0.618. The fourth-order valence-corrected chi connectivity index (χ4v) is 1.79. The normalized spacial score (nSPS) is 11.7. The van der Waals surface area contributed by atoms with Crippen LogP contribution in [-0.2, 0) is 11.3 Å². The van der Waals surface area contributed by atoms with Crippen LogP contribution in [0.4, 0.5) is 4.39 Å². The van der Waals surface area contributed by atoms with Gasteiger partial charge in [-0.2, -0.15) is 5.26 Å². The van der Waals surface area contributed by atoms with Gasteiger partial charge >= 0.3 is 0 Å². The number of benzene rings is 1. The van der Waals surface area contributed by atoms with Crippen molar-refractivity contribution >= 4 is 5.91 Å². The summed E-state index contributed by atoms with van der Waals surface area (Å²) >= 11 is 0. The Labute approximate surface area is 107 Å². The Balaban J connectivity index is 2.70. The smallest absolute Gasteiger partial charge is 0.237 e. The molecule has 0 saturated carbocycles. The van der Waals surface area contributed by atoms with Crippen LogP contribution >= 0.6 is 0 Å². The van der Waals surface area contributed by atoms with Crippen LogP contribution < -0.4 is 5.32 Å². The van der Waals surface area contributed by atoms with Crippen molar-refractivity contribution in [3.8, 4) is 6.07 Å². The zero-order valence-corrected chi connectivity index (χ0v) is 10.9. The van der Waals surface area contributed by atoms with E-state index in [2.05, 4.69) is 5.32 Å². The van der Waals surface area contributed by atoms with Crippen LogP contribution in [0, 0.1) is 36.9 Å². The summed E-state index contributed by atoms with van der Waals surface area (Å²) in [6, 6.07) is 5.36. The maximum Gasteiger partial charge on any atom is 0.237 e. The zero-order valence-electron chi connectivity index (χ0n) is 10.9. The van der Waals surface area contributed by atoms with E-state index in [1.165, 1.54) is 0 Å². The third-order valence-electron chi connectivity index (χ3n) is 2.84. The molecule has 1 amide bonds. The molecule has 0 aliphatic carbocycles. The van der Waals surface area contributed by atoms with E-state index in [0.717, 1.165) is 5.56 Å². The molecule has 0 spiro atoms. The summed E-state index contributed by atoms with van der Waals surface area (Å²) in [5, 5.41) is 11.4. The molecule has 0 heterocycles. The highest BCUT2D eigenvalue weighted by Gasteiger charge is 2.14. The van der Waals surface area contributed by atoms with E-state index in [1.807, 2.05) is 6.07 Å². The van der Waals surface area contributed by atoms with Crippen molar-refractivity contribution in [2.24, 2.45) is 5.92 Å². The molecular formula is C14H17FN2O. The number of nitrogens with one attached hydrogen (secondary N) is 1. The van der Waals surface area contributed by atoms with E-state index >= 15 is 0 Å². The number of hydrogen-bond acceptors (Lipinski definition) is 2. The molecule has 96 valence electrons. The Morgan fingerprint density at radius 1 is 1.44 bits per heavy atom. The molecule has 0 fully saturated rings. The zero-order chi connectivity index (χ0) is 13.7. The van der Waals surface area contributed by atoms with Gasteiger partial charge in [0.25, 0.3) is 0 Å². The highest BCUT2D eigenvalue weighted by Crippen LogP contribution is 2.14. The number of rotatable bonds is 4. The van der Waals surface area contributed by atoms with E-state index in [-0.39, 0.29) is 11.7 Å². The van der Waals surface area contributed by atoms with Crippen molar-refractivity contribution in [2.75, 3.05) is 0 Å². The lowest BCUT2D eigenvalue weighted by atomic mass is 10.1. The van der Waals surface area contributed by atoms with Crippen LogP contribution in [0.1, 0.15) is 30.0 Å².